The Morgan fingerprint density at radius 1 is 1.65 bits per heavy atom. The van der Waals surface area contributed by atoms with Crippen LogP contribution in [0.4, 0.5) is 5.95 Å². The minimum Gasteiger partial charge on any atom is -0.394 e. The largest absolute Gasteiger partial charge is 0.437 e. The number of hydrogen-bond donors (Lipinski definition) is 2. The molecule has 2 N–H and O–H groups in total. The summed E-state index contributed by atoms with van der Waals surface area (Å²) in [7, 11) is 0. The van der Waals surface area contributed by atoms with Crippen LogP contribution in [-0.2, 0) is 9.53 Å². The Kier molecular flexibility index (Phi) is 2.88. The standard InChI is InChI=1S/C8H9N3O6/c12-3-4-5(13)6(14)7(17-4)10-2-1-9-8(10)11(15)16/h1-2,4-5,7,12-13H,3H2/t4-,5?,7-/m1/s1. The van der Waals surface area contributed by atoms with Crippen molar-refractivity contribution in [1.82, 2.24) is 9.55 Å². The first kappa shape index (κ1) is 11.6. The quantitative estimate of drug-likeness (QED) is 0.494. The van der Waals surface area contributed by atoms with Gasteiger partial charge in [-0.3, -0.25) is 4.79 Å². The van der Waals surface area contributed by atoms with Crippen LogP contribution in [0.3, 0.4) is 0 Å². The van der Waals surface area contributed by atoms with E-state index in [4.69, 9.17) is 9.84 Å². The molecule has 0 spiro atoms. The fraction of sp³-hybridized carbons (Fsp3) is 0.500. The van der Waals surface area contributed by atoms with Gasteiger partial charge >= 0.3 is 5.95 Å². The molecular formula is C8H9N3O6. The molecule has 0 saturated carbocycles. The number of ether oxygens (including phenoxy) is 1. The maximum absolute atomic E-state index is 11.6. The first-order chi connectivity index (χ1) is 8.06. The molecule has 0 aromatic carbocycles. The van der Waals surface area contributed by atoms with Crippen molar-refractivity contribution in [2.24, 2.45) is 0 Å². The summed E-state index contributed by atoms with van der Waals surface area (Å²) in [5, 5.41) is 28.9. The molecule has 1 aliphatic rings. The summed E-state index contributed by atoms with van der Waals surface area (Å²) in [5.74, 6) is -1.31. The monoisotopic (exact) mass is 243 g/mol. The highest BCUT2D eigenvalue weighted by atomic mass is 16.6. The molecule has 0 radical (unpaired) electrons. The Bertz CT molecular complexity index is 458. The van der Waals surface area contributed by atoms with Crippen LogP contribution in [-0.4, -0.2) is 49.3 Å². The van der Waals surface area contributed by atoms with E-state index in [1.54, 1.807) is 0 Å². The molecule has 1 saturated heterocycles. The summed E-state index contributed by atoms with van der Waals surface area (Å²) in [4.78, 5) is 24.9. The Labute approximate surface area is 94.4 Å². The zero-order chi connectivity index (χ0) is 12.6. The van der Waals surface area contributed by atoms with Gasteiger partial charge in [-0.05, 0) is 4.92 Å². The van der Waals surface area contributed by atoms with E-state index in [9.17, 15) is 20.0 Å². The highest BCUT2D eigenvalue weighted by Gasteiger charge is 2.46. The molecule has 1 aromatic heterocycles. The van der Waals surface area contributed by atoms with Crippen molar-refractivity contribution < 1.29 is 24.7 Å². The Balaban J connectivity index is 2.32. The molecule has 0 amide bonds. The first-order valence-corrected chi connectivity index (χ1v) is 4.71. The molecule has 1 aliphatic heterocycles. The van der Waals surface area contributed by atoms with Crippen molar-refractivity contribution in [3.8, 4) is 0 Å². The maximum Gasteiger partial charge on any atom is 0.437 e. The van der Waals surface area contributed by atoms with Crippen LogP contribution in [0, 0.1) is 10.1 Å². The van der Waals surface area contributed by atoms with Gasteiger partial charge in [0.15, 0.2) is 0 Å². The lowest BCUT2D eigenvalue weighted by atomic mass is 10.2. The molecule has 3 atom stereocenters. The summed E-state index contributed by atoms with van der Waals surface area (Å²) in [6.45, 7) is -0.550. The number of imidazole rings is 1. The molecule has 2 heterocycles. The lowest BCUT2D eigenvalue weighted by Gasteiger charge is -2.09. The van der Waals surface area contributed by atoms with Crippen molar-refractivity contribution in [2.75, 3.05) is 6.61 Å². The average molecular weight is 243 g/mol. The van der Waals surface area contributed by atoms with Crippen molar-refractivity contribution in [2.45, 2.75) is 18.4 Å². The molecule has 1 unspecified atom stereocenters. The van der Waals surface area contributed by atoms with Gasteiger partial charge in [0, 0.05) is 0 Å². The second kappa shape index (κ2) is 4.20. The van der Waals surface area contributed by atoms with Gasteiger partial charge in [-0.25, -0.2) is 0 Å². The van der Waals surface area contributed by atoms with Crippen LogP contribution in [0.15, 0.2) is 12.4 Å². The van der Waals surface area contributed by atoms with E-state index in [0.29, 0.717) is 0 Å². The van der Waals surface area contributed by atoms with Gasteiger partial charge in [0.05, 0.1) is 6.61 Å². The SMILES string of the molecule is O=C1C(O)[C@@H](CO)O[C@H]1n1ccnc1[N+](=O)[O-]. The van der Waals surface area contributed by atoms with E-state index < -0.39 is 41.7 Å². The molecule has 2 rings (SSSR count). The average Bonchev–Trinajstić information content (AvgIpc) is 2.86. The maximum atomic E-state index is 11.6. The van der Waals surface area contributed by atoms with Crippen LogP contribution >= 0.6 is 0 Å². The number of Topliss-reactive ketones (excluding diaryl/α,β-unsaturated/α-hetero) is 1. The number of ketones is 1. The summed E-state index contributed by atoms with van der Waals surface area (Å²) in [6, 6.07) is 0. The van der Waals surface area contributed by atoms with Gasteiger partial charge in [-0.2, -0.15) is 4.57 Å². The van der Waals surface area contributed by atoms with Gasteiger partial charge in [-0.15, -0.1) is 0 Å². The molecule has 92 valence electrons. The van der Waals surface area contributed by atoms with Gasteiger partial charge in [-0.1, -0.05) is 4.98 Å². The molecule has 1 aromatic rings. The number of nitrogens with zero attached hydrogens (tertiary/aromatic N) is 3. The Morgan fingerprint density at radius 2 is 2.35 bits per heavy atom. The summed E-state index contributed by atoms with van der Waals surface area (Å²) >= 11 is 0. The minimum absolute atomic E-state index is 0.550. The third-order valence-electron chi connectivity index (χ3n) is 2.43. The first-order valence-electron chi connectivity index (χ1n) is 4.71. The molecule has 0 bridgehead atoms. The number of aromatic nitrogens is 2. The Morgan fingerprint density at radius 3 is 2.88 bits per heavy atom. The minimum atomic E-state index is -1.49. The number of nitro groups is 1. The van der Waals surface area contributed by atoms with E-state index in [2.05, 4.69) is 4.98 Å². The van der Waals surface area contributed by atoms with E-state index in [0.717, 1.165) is 10.8 Å². The highest BCUT2D eigenvalue weighted by Crippen LogP contribution is 2.28. The van der Waals surface area contributed by atoms with Crippen molar-refractivity contribution >= 4 is 11.7 Å². The van der Waals surface area contributed by atoms with Crippen LogP contribution in [0.2, 0.25) is 0 Å². The number of carbonyl (C=O) groups is 1. The zero-order valence-corrected chi connectivity index (χ0v) is 8.46. The number of carbonyl (C=O) groups excluding carboxylic acids is 1. The molecule has 17 heavy (non-hydrogen) atoms. The third kappa shape index (κ3) is 1.79. The number of aliphatic hydroxyl groups is 2. The smallest absolute Gasteiger partial charge is 0.394 e. The Hall–Kier alpha value is -1.84. The topological polar surface area (TPSA) is 128 Å². The van der Waals surface area contributed by atoms with Crippen LogP contribution < -0.4 is 0 Å². The summed E-state index contributed by atoms with van der Waals surface area (Å²) in [6.07, 6.45) is -1.55. The molecule has 0 aliphatic carbocycles. The highest BCUT2D eigenvalue weighted by molar-refractivity contribution is 5.88. The van der Waals surface area contributed by atoms with E-state index in [1.165, 1.54) is 6.20 Å². The molecule has 1 fully saturated rings. The molecule has 9 nitrogen and oxygen atoms in total. The molecule has 9 heteroatoms. The fourth-order valence-electron chi connectivity index (χ4n) is 1.61. The van der Waals surface area contributed by atoms with E-state index >= 15 is 0 Å². The summed E-state index contributed by atoms with van der Waals surface area (Å²) in [5.41, 5.74) is 0. The van der Waals surface area contributed by atoms with Gasteiger partial charge in [0.1, 0.15) is 24.6 Å². The zero-order valence-electron chi connectivity index (χ0n) is 8.46. The van der Waals surface area contributed by atoms with E-state index in [-0.39, 0.29) is 0 Å². The van der Waals surface area contributed by atoms with Gasteiger partial charge in [0.25, 0.3) is 0 Å². The predicted octanol–water partition coefficient (Wildman–Crippen LogP) is -1.39. The second-order valence-electron chi connectivity index (χ2n) is 3.45. The van der Waals surface area contributed by atoms with Crippen LogP contribution in [0.25, 0.3) is 0 Å². The lowest BCUT2D eigenvalue weighted by molar-refractivity contribution is -0.398. The number of aliphatic hydroxyl groups excluding tert-OH is 2. The molecular weight excluding hydrogens is 234 g/mol. The lowest BCUT2D eigenvalue weighted by Crippen LogP contribution is -2.29. The van der Waals surface area contributed by atoms with Crippen LogP contribution in [0.5, 0.6) is 0 Å². The second-order valence-corrected chi connectivity index (χ2v) is 3.45. The van der Waals surface area contributed by atoms with Gasteiger partial charge in [0.2, 0.25) is 12.0 Å². The predicted molar refractivity (Wildman–Crippen MR) is 50.9 cm³/mol. The summed E-state index contributed by atoms with van der Waals surface area (Å²) < 4.78 is 5.94. The number of hydrogen-bond acceptors (Lipinski definition) is 7. The van der Waals surface area contributed by atoms with Crippen molar-refractivity contribution in [3.05, 3.63) is 22.5 Å². The fourth-order valence-corrected chi connectivity index (χ4v) is 1.61. The third-order valence-corrected chi connectivity index (χ3v) is 2.43. The van der Waals surface area contributed by atoms with Crippen molar-refractivity contribution in [1.29, 1.82) is 0 Å². The van der Waals surface area contributed by atoms with Crippen molar-refractivity contribution in [3.63, 3.8) is 0 Å². The van der Waals surface area contributed by atoms with E-state index in [1.807, 2.05) is 0 Å². The normalized spacial score (nSPS) is 28.6. The number of rotatable bonds is 3. The van der Waals surface area contributed by atoms with Gasteiger partial charge < -0.3 is 25.1 Å². The van der Waals surface area contributed by atoms with Crippen LogP contribution in [0.1, 0.15) is 6.23 Å².